The highest BCUT2D eigenvalue weighted by Crippen LogP contribution is 2.23. The fourth-order valence-electron chi connectivity index (χ4n) is 2.36. The lowest BCUT2D eigenvalue weighted by Crippen LogP contribution is -2.41. The van der Waals surface area contributed by atoms with Gasteiger partial charge in [-0.15, -0.1) is 0 Å². The number of benzene rings is 1. The molecule has 6 heteroatoms. The Kier molecular flexibility index (Phi) is 5.22. The first kappa shape index (κ1) is 15.8. The van der Waals surface area contributed by atoms with E-state index >= 15 is 0 Å². The fraction of sp³-hybridized carbons (Fsp3) is 0.533. The number of amides is 1. The normalized spacial score (nSPS) is 16.0. The third-order valence-electron chi connectivity index (χ3n) is 3.45. The van der Waals surface area contributed by atoms with Crippen molar-refractivity contribution in [3.05, 3.63) is 35.4 Å². The average molecular weight is 301 g/mol. The average Bonchev–Trinajstić information content (AvgIpc) is 2.47. The predicted octanol–water partition coefficient (Wildman–Crippen LogP) is 3.04. The number of ether oxygens (including phenoxy) is 1. The van der Waals surface area contributed by atoms with Crippen LogP contribution >= 0.6 is 0 Å². The lowest BCUT2D eigenvalue weighted by atomic mass is 10.0. The molecule has 0 bridgehead atoms. The second-order valence-electron chi connectivity index (χ2n) is 5.03. The minimum absolute atomic E-state index is 0.00307. The Hall–Kier alpha value is -1.56. The second-order valence-corrected chi connectivity index (χ2v) is 5.03. The van der Waals surface area contributed by atoms with E-state index in [-0.39, 0.29) is 18.7 Å². The molecule has 0 atom stereocenters. The van der Waals surface area contributed by atoms with Crippen LogP contribution in [0, 0.1) is 0 Å². The zero-order valence-electron chi connectivity index (χ0n) is 11.7. The summed E-state index contributed by atoms with van der Waals surface area (Å²) in [5, 5.41) is 0. The molecule has 0 unspecified atom stereocenters. The Labute approximate surface area is 121 Å². The van der Waals surface area contributed by atoms with Crippen molar-refractivity contribution in [2.45, 2.75) is 25.4 Å². The first-order chi connectivity index (χ1) is 9.97. The van der Waals surface area contributed by atoms with Crippen LogP contribution in [0.1, 0.15) is 28.8 Å². The molecule has 0 N–H and O–H groups in total. The number of carbonyl (C=O) groups excluding carboxylic acids is 1. The molecule has 0 aliphatic carbocycles. The van der Waals surface area contributed by atoms with Gasteiger partial charge < -0.3 is 9.64 Å². The maximum Gasteiger partial charge on any atom is 0.389 e. The van der Waals surface area contributed by atoms with Gasteiger partial charge in [0.25, 0.3) is 5.91 Å². The molecule has 0 spiro atoms. The Balaban J connectivity index is 2.03. The molecule has 1 aromatic carbocycles. The molecule has 3 nitrogen and oxygen atoms in total. The lowest BCUT2D eigenvalue weighted by Gasteiger charge is -2.27. The SMILES string of the molecule is O=C(c1ccccc1CCCC(F)(F)F)N1CCOCC1. The van der Waals surface area contributed by atoms with E-state index in [1.165, 1.54) is 0 Å². The van der Waals surface area contributed by atoms with Gasteiger partial charge >= 0.3 is 6.18 Å². The largest absolute Gasteiger partial charge is 0.389 e. The number of aryl methyl sites for hydroxylation is 1. The molecule has 0 radical (unpaired) electrons. The molecule has 1 aliphatic rings. The van der Waals surface area contributed by atoms with Gasteiger partial charge in [-0.25, -0.2) is 0 Å². The highest BCUT2D eigenvalue weighted by atomic mass is 19.4. The van der Waals surface area contributed by atoms with E-state index < -0.39 is 12.6 Å². The maximum atomic E-state index is 12.4. The molecule has 0 aromatic heterocycles. The van der Waals surface area contributed by atoms with Crippen LogP contribution < -0.4 is 0 Å². The van der Waals surface area contributed by atoms with Crippen LogP contribution in [0.25, 0.3) is 0 Å². The molecule has 1 heterocycles. The smallest absolute Gasteiger partial charge is 0.378 e. The van der Waals surface area contributed by atoms with Gasteiger partial charge in [0.05, 0.1) is 13.2 Å². The molecular weight excluding hydrogens is 283 g/mol. The number of carbonyl (C=O) groups is 1. The number of hydrogen-bond donors (Lipinski definition) is 0. The van der Waals surface area contributed by atoms with Crippen molar-refractivity contribution in [3.8, 4) is 0 Å². The molecule has 2 rings (SSSR count). The van der Waals surface area contributed by atoms with Crippen molar-refractivity contribution in [1.82, 2.24) is 4.90 Å². The zero-order chi connectivity index (χ0) is 15.3. The minimum Gasteiger partial charge on any atom is -0.378 e. The first-order valence-corrected chi connectivity index (χ1v) is 6.99. The van der Waals surface area contributed by atoms with E-state index in [0.29, 0.717) is 37.4 Å². The van der Waals surface area contributed by atoms with E-state index in [2.05, 4.69) is 0 Å². The Bertz CT molecular complexity index is 482. The standard InChI is InChI=1S/C15H18F3NO2/c16-15(17,18)7-3-5-12-4-1-2-6-13(12)14(20)19-8-10-21-11-9-19/h1-2,4,6H,3,5,7-11H2. The van der Waals surface area contributed by atoms with Gasteiger partial charge in [0.15, 0.2) is 0 Å². The fourth-order valence-corrected chi connectivity index (χ4v) is 2.36. The van der Waals surface area contributed by atoms with Crippen molar-refractivity contribution in [2.24, 2.45) is 0 Å². The van der Waals surface area contributed by atoms with E-state index in [1.54, 1.807) is 29.2 Å². The maximum absolute atomic E-state index is 12.4. The van der Waals surface area contributed by atoms with Crippen molar-refractivity contribution < 1.29 is 22.7 Å². The molecule has 1 saturated heterocycles. The summed E-state index contributed by atoms with van der Waals surface area (Å²) < 4.78 is 41.9. The molecule has 21 heavy (non-hydrogen) atoms. The minimum atomic E-state index is -4.15. The van der Waals surface area contributed by atoms with Crippen molar-refractivity contribution in [1.29, 1.82) is 0 Å². The van der Waals surface area contributed by atoms with E-state index in [0.717, 1.165) is 0 Å². The first-order valence-electron chi connectivity index (χ1n) is 6.99. The van der Waals surface area contributed by atoms with Crippen molar-refractivity contribution >= 4 is 5.91 Å². The second kappa shape index (κ2) is 6.93. The van der Waals surface area contributed by atoms with Gasteiger partial charge in [0, 0.05) is 25.1 Å². The van der Waals surface area contributed by atoms with Crippen molar-refractivity contribution in [3.63, 3.8) is 0 Å². The number of halogens is 3. The molecular formula is C15H18F3NO2. The van der Waals surface area contributed by atoms with Crippen molar-refractivity contribution in [2.75, 3.05) is 26.3 Å². The van der Waals surface area contributed by atoms with Gasteiger partial charge in [-0.3, -0.25) is 4.79 Å². The number of rotatable bonds is 4. The Morgan fingerprint density at radius 3 is 2.52 bits per heavy atom. The zero-order valence-corrected chi connectivity index (χ0v) is 11.7. The lowest BCUT2D eigenvalue weighted by molar-refractivity contribution is -0.135. The van der Waals surface area contributed by atoms with Crippen LogP contribution in [0.5, 0.6) is 0 Å². The summed E-state index contributed by atoms with van der Waals surface area (Å²) in [5.74, 6) is -0.124. The summed E-state index contributed by atoms with van der Waals surface area (Å²) in [6.07, 6.45) is -4.72. The van der Waals surface area contributed by atoms with Crippen LogP contribution in [0.2, 0.25) is 0 Å². The number of nitrogens with zero attached hydrogens (tertiary/aromatic N) is 1. The Morgan fingerprint density at radius 2 is 1.86 bits per heavy atom. The summed E-state index contributed by atoms with van der Waals surface area (Å²) in [6.45, 7) is 2.05. The predicted molar refractivity (Wildman–Crippen MR) is 72.2 cm³/mol. The van der Waals surface area contributed by atoms with Crippen LogP contribution in [0.15, 0.2) is 24.3 Å². The summed E-state index contributed by atoms with van der Waals surface area (Å²) in [7, 11) is 0. The molecule has 116 valence electrons. The number of hydrogen-bond acceptors (Lipinski definition) is 2. The molecule has 1 aromatic rings. The number of alkyl halides is 3. The van der Waals surface area contributed by atoms with Crippen LogP contribution in [0.3, 0.4) is 0 Å². The highest BCUT2D eigenvalue weighted by molar-refractivity contribution is 5.95. The Morgan fingerprint density at radius 1 is 1.19 bits per heavy atom. The van der Waals surface area contributed by atoms with Crippen LogP contribution in [-0.2, 0) is 11.2 Å². The summed E-state index contributed by atoms with van der Waals surface area (Å²) in [5.41, 5.74) is 1.18. The summed E-state index contributed by atoms with van der Waals surface area (Å²) in [4.78, 5) is 14.1. The van der Waals surface area contributed by atoms with Gasteiger partial charge in [0.2, 0.25) is 0 Å². The molecule has 0 saturated carbocycles. The highest BCUT2D eigenvalue weighted by Gasteiger charge is 2.26. The third kappa shape index (κ3) is 4.74. The van der Waals surface area contributed by atoms with Gasteiger partial charge in [-0.05, 0) is 24.5 Å². The summed E-state index contributed by atoms with van der Waals surface area (Å²) >= 11 is 0. The van der Waals surface area contributed by atoms with Crippen LogP contribution in [0.4, 0.5) is 13.2 Å². The molecule has 1 fully saturated rings. The topological polar surface area (TPSA) is 29.5 Å². The van der Waals surface area contributed by atoms with E-state index in [9.17, 15) is 18.0 Å². The van der Waals surface area contributed by atoms with Gasteiger partial charge in [-0.2, -0.15) is 13.2 Å². The monoisotopic (exact) mass is 301 g/mol. The van der Waals surface area contributed by atoms with Crippen LogP contribution in [-0.4, -0.2) is 43.3 Å². The van der Waals surface area contributed by atoms with E-state index in [1.807, 2.05) is 0 Å². The van der Waals surface area contributed by atoms with E-state index in [4.69, 9.17) is 4.74 Å². The van der Waals surface area contributed by atoms with Gasteiger partial charge in [-0.1, -0.05) is 18.2 Å². The molecule has 1 amide bonds. The van der Waals surface area contributed by atoms with Gasteiger partial charge in [0.1, 0.15) is 0 Å². The molecule has 1 aliphatic heterocycles. The number of morpholine rings is 1. The summed E-state index contributed by atoms with van der Waals surface area (Å²) in [6, 6.07) is 6.89. The third-order valence-corrected chi connectivity index (χ3v) is 3.45. The quantitative estimate of drug-likeness (QED) is 0.855.